The molecule has 14 heavy (non-hydrogen) atoms. The Balaban J connectivity index is 2.56. The number of nitrogens with two attached hydrogens (primary N) is 1. The molecule has 2 N–H and O–H groups in total. The van der Waals surface area contributed by atoms with Crippen LogP contribution in [0.1, 0.15) is 33.1 Å². The summed E-state index contributed by atoms with van der Waals surface area (Å²) in [5, 5.41) is 0. The van der Waals surface area contributed by atoms with Gasteiger partial charge in [-0.3, -0.25) is 9.59 Å². The summed E-state index contributed by atoms with van der Waals surface area (Å²) >= 11 is 0. The van der Waals surface area contributed by atoms with Crippen molar-refractivity contribution in [2.24, 2.45) is 11.7 Å². The largest absolute Gasteiger partial charge is 0.369 e. The monoisotopic (exact) mass is 198 g/mol. The highest BCUT2D eigenvalue weighted by molar-refractivity contribution is 5.88. The van der Waals surface area contributed by atoms with Crippen molar-refractivity contribution in [2.45, 2.75) is 39.2 Å². The molecular weight excluding hydrogens is 180 g/mol. The lowest BCUT2D eigenvalue weighted by Crippen LogP contribution is -2.35. The smallest absolute Gasteiger partial charge is 0.223 e. The molecule has 2 atom stereocenters. The first kappa shape index (κ1) is 11.0. The second-order valence-corrected chi connectivity index (χ2v) is 3.99. The highest BCUT2D eigenvalue weighted by Crippen LogP contribution is 2.21. The van der Waals surface area contributed by atoms with Crippen LogP contribution in [0.3, 0.4) is 0 Å². The van der Waals surface area contributed by atoms with E-state index in [1.165, 1.54) is 0 Å². The fourth-order valence-corrected chi connectivity index (χ4v) is 1.92. The van der Waals surface area contributed by atoms with Crippen molar-refractivity contribution >= 4 is 11.8 Å². The Bertz CT molecular complexity index is 240. The lowest BCUT2D eigenvalue weighted by atomic mass is 10.1. The number of carbonyl (C=O) groups excluding carboxylic acids is 2. The molecule has 1 aliphatic heterocycles. The van der Waals surface area contributed by atoms with Crippen LogP contribution in [0.4, 0.5) is 0 Å². The number of rotatable bonds is 4. The van der Waals surface area contributed by atoms with Crippen LogP contribution >= 0.6 is 0 Å². The highest BCUT2D eigenvalue weighted by Gasteiger charge is 2.34. The highest BCUT2D eigenvalue weighted by atomic mass is 16.2. The fraction of sp³-hybridized carbons (Fsp3) is 0.800. The van der Waals surface area contributed by atoms with Gasteiger partial charge in [-0.25, -0.2) is 0 Å². The van der Waals surface area contributed by atoms with Crippen molar-refractivity contribution in [1.82, 2.24) is 4.90 Å². The first-order chi connectivity index (χ1) is 6.56. The van der Waals surface area contributed by atoms with Gasteiger partial charge in [0.05, 0.1) is 5.92 Å². The van der Waals surface area contributed by atoms with Crippen LogP contribution in [0.5, 0.6) is 0 Å². The van der Waals surface area contributed by atoms with Gasteiger partial charge in [-0.05, 0) is 13.3 Å². The van der Waals surface area contributed by atoms with E-state index in [4.69, 9.17) is 5.73 Å². The summed E-state index contributed by atoms with van der Waals surface area (Å²) in [6, 6.07) is 0.233. The zero-order valence-corrected chi connectivity index (χ0v) is 8.82. The molecule has 4 heteroatoms. The Morgan fingerprint density at radius 1 is 1.71 bits per heavy atom. The van der Waals surface area contributed by atoms with Gasteiger partial charge in [-0.15, -0.1) is 0 Å². The lowest BCUT2D eigenvalue weighted by molar-refractivity contribution is -0.130. The predicted octanol–water partition coefficient (Wildman–Crippen LogP) is 0.509. The van der Waals surface area contributed by atoms with Crippen LogP contribution in [-0.2, 0) is 9.59 Å². The van der Waals surface area contributed by atoms with Crippen LogP contribution in [0.25, 0.3) is 0 Å². The Hall–Kier alpha value is -1.06. The second-order valence-electron chi connectivity index (χ2n) is 3.99. The first-order valence-corrected chi connectivity index (χ1v) is 5.15. The maximum Gasteiger partial charge on any atom is 0.223 e. The Morgan fingerprint density at radius 2 is 2.36 bits per heavy atom. The predicted molar refractivity (Wildman–Crippen MR) is 53.4 cm³/mol. The Labute approximate surface area is 84.4 Å². The third-order valence-electron chi connectivity index (χ3n) is 2.80. The molecule has 0 saturated carbocycles. The minimum Gasteiger partial charge on any atom is -0.369 e. The summed E-state index contributed by atoms with van der Waals surface area (Å²) in [6.45, 7) is 4.61. The summed E-state index contributed by atoms with van der Waals surface area (Å²) in [6.07, 6.45) is 2.33. The van der Waals surface area contributed by atoms with Crippen LogP contribution in [0, 0.1) is 5.92 Å². The molecule has 1 fully saturated rings. The fourth-order valence-electron chi connectivity index (χ4n) is 1.92. The quantitative estimate of drug-likeness (QED) is 0.715. The lowest BCUT2D eigenvalue weighted by Gasteiger charge is -2.24. The van der Waals surface area contributed by atoms with Crippen molar-refractivity contribution in [3.05, 3.63) is 0 Å². The second kappa shape index (κ2) is 4.44. The zero-order valence-electron chi connectivity index (χ0n) is 8.82. The molecule has 0 aromatic rings. The normalized spacial score (nSPS) is 24.0. The number of amides is 2. The van der Waals surface area contributed by atoms with E-state index in [0.29, 0.717) is 13.0 Å². The molecule has 1 heterocycles. The number of hydrogen-bond donors (Lipinski definition) is 1. The van der Waals surface area contributed by atoms with E-state index >= 15 is 0 Å². The van der Waals surface area contributed by atoms with Gasteiger partial charge < -0.3 is 10.6 Å². The van der Waals surface area contributed by atoms with Gasteiger partial charge in [0, 0.05) is 19.0 Å². The molecule has 0 aliphatic carbocycles. The van der Waals surface area contributed by atoms with Crippen molar-refractivity contribution in [3.63, 3.8) is 0 Å². The molecule has 1 aliphatic rings. The minimum atomic E-state index is -0.357. The van der Waals surface area contributed by atoms with E-state index in [9.17, 15) is 9.59 Å². The molecule has 2 unspecified atom stereocenters. The van der Waals surface area contributed by atoms with Crippen molar-refractivity contribution in [3.8, 4) is 0 Å². The zero-order chi connectivity index (χ0) is 10.7. The van der Waals surface area contributed by atoms with Gasteiger partial charge in [0.25, 0.3) is 0 Å². The summed E-state index contributed by atoms with van der Waals surface area (Å²) in [4.78, 5) is 24.2. The molecule has 80 valence electrons. The van der Waals surface area contributed by atoms with E-state index in [0.717, 1.165) is 12.8 Å². The summed E-state index contributed by atoms with van der Waals surface area (Å²) < 4.78 is 0. The van der Waals surface area contributed by atoms with Crippen LogP contribution in [-0.4, -0.2) is 29.3 Å². The van der Waals surface area contributed by atoms with Crippen molar-refractivity contribution in [1.29, 1.82) is 0 Å². The van der Waals surface area contributed by atoms with E-state index < -0.39 is 0 Å². The number of likely N-dealkylation sites (tertiary alicyclic amines) is 1. The maximum atomic E-state index is 11.5. The minimum absolute atomic E-state index is 0.0646. The summed E-state index contributed by atoms with van der Waals surface area (Å²) in [7, 11) is 0. The molecule has 1 rings (SSSR count). The van der Waals surface area contributed by atoms with Gasteiger partial charge in [-0.2, -0.15) is 0 Å². The Kier molecular flexibility index (Phi) is 3.49. The molecular formula is C10H18N2O2. The third-order valence-corrected chi connectivity index (χ3v) is 2.80. The SMILES string of the molecule is CCCC(C)N1CC(C(N)=O)CC1=O. The van der Waals surface area contributed by atoms with Crippen molar-refractivity contribution in [2.75, 3.05) is 6.54 Å². The van der Waals surface area contributed by atoms with E-state index in [2.05, 4.69) is 6.92 Å². The molecule has 0 spiro atoms. The average Bonchev–Trinajstić information content (AvgIpc) is 2.48. The maximum absolute atomic E-state index is 11.5. The van der Waals surface area contributed by atoms with Gasteiger partial charge in [-0.1, -0.05) is 13.3 Å². The standard InChI is InChI=1S/C10H18N2O2/c1-3-4-7(2)12-6-8(10(11)14)5-9(12)13/h7-8H,3-6H2,1-2H3,(H2,11,14). The summed E-state index contributed by atoms with van der Waals surface area (Å²) in [5.41, 5.74) is 5.18. The molecule has 1 saturated heterocycles. The molecule has 0 aromatic carbocycles. The van der Waals surface area contributed by atoms with Crippen molar-refractivity contribution < 1.29 is 9.59 Å². The molecule has 4 nitrogen and oxygen atoms in total. The molecule has 2 amide bonds. The Morgan fingerprint density at radius 3 is 2.79 bits per heavy atom. The molecule has 0 aromatic heterocycles. The van der Waals surface area contributed by atoms with E-state index in [1.807, 2.05) is 6.92 Å². The first-order valence-electron chi connectivity index (χ1n) is 5.15. The van der Waals surface area contributed by atoms with E-state index in [1.54, 1.807) is 4.90 Å². The van der Waals surface area contributed by atoms with Crippen LogP contribution in [0.15, 0.2) is 0 Å². The molecule has 0 radical (unpaired) electrons. The third kappa shape index (κ3) is 2.25. The van der Waals surface area contributed by atoms with Crippen LogP contribution in [0.2, 0.25) is 0 Å². The topological polar surface area (TPSA) is 63.4 Å². The van der Waals surface area contributed by atoms with Gasteiger partial charge in [0.2, 0.25) is 11.8 Å². The number of hydrogen-bond acceptors (Lipinski definition) is 2. The van der Waals surface area contributed by atoms with Gasteiger partial charge in [0.15, 0.2) is 0 Å². The number of nitrogens with zero attached hydrogens (tertiary/aromatic N) is 1. The van der Waals surface area contributed by atoms with Crippen LogP contribution < -0.4 is 5.73 Å². The van der Waals surface area contributed by atoms with Gasteiger partial charge in [0.1, 0.15) is 0 Å². The number of primary amides is 1. The molecule has 0 bridgehead atoms. The summed E-state index contributed by atoms with van der Waals surface area (Å²) in [5.74, 6) is -0.568. The van der Waals surface area contributed by atoms with Gasteiger partial charge >= 0.3 is 0 Å². The van der Waals surface area contributed by atoms with E-state index in [-0.39, 0.29) is 23.8 Å². The number of carbonyl (C=O) groups is 2. The average molecular weight is 198 g/mol.